The SMILES string of the molecule is CC(C)c1nc(-c2cnc(N)c(OC(F)(F)F)c2)cn1[C@@H]1[C@@H]2CN(CC(F)(F)F)C[C@@H]21. The van der Waals surface area contributed by atoms with Crippen molar-refractivity contribution in [1.29, 1.82) is 0 Å². The van der Waals surface area contributed by atoms with Crippen LogP contribution in [-0.4, -0.2) is 51.6 Å². The molecule has 0 radical (unpaired) electrons. The Morgan fingerprint density at radius 2 is 1.81 bits per heavy atom. The van der Waals surface area contributed by atoms with E-state index in [1.54, 1.807) is 6.20 Å². The molecule has 1 saturated carbocycles. The van der Waals surface area contributed by atoms with E-state index in [1.807, 2.05) is 18.4 Å². The summed E-state index contributed by atoms with van der Waals surface area (Å²) in [4.78, 5) is 9.75. The Labute approximate surface area is 174 Å². The standard InChI is InChI=1S/C19H21F6N5O/c1-9(2)17-28-13(10-3-14(16(26)27-4-10)31-19(23,24)25)7-30(17)15-11-5-29(6-12(11)15)8-18(20,21)22/h3-4,7,9,11-12,15H,5-6,8H2,1-2H3,(H2,26,27)/t11-,12+,15-. The quantitative estimate of drug-likeness (QED) is 0.693. The average molecular weight is 449 g/mol. The number of alkyl halides is 6. The normalized spacial score (nSPS) is 24.0. The van der Waals surface area contributed by atoms with Crippen molar-refractivity contribution in [3.63, 3.8) is 0 Å². The van der Waals surface area contributed by atoms with Crippen LogP contribution in [-0.2, 0) is 0 Å². The van der Waals surface area contributed by atoms with Gasteiger partial charge in [0.2, 0.25) is 0 Å². The largest absolute Gasteiger partial charge is 0.573 e. The number of pyridine rings is 1. The summed E-state index contributed by atoms with van der Waals surface area (Å²) in [6.07, 6.45) is -6.11. The highest BCUT2D eigenvalue weighted by atomic mass is 19.4. The predicted octanol–water partition coefficient (Wildman–Crippen LogP) is 4.21. The van der Waals surface area contributed by atoms with Gasteiger partial charge in [-0.3, -0.25) is 4.90 Å². The lowest BCUT2D eigenvalue weighted by molar-refractivity contribution is -0.274. The van der Waals surface area contributed by atoms with Gasteiger partial charge in [-0.2, -0.15) is 13.2 Å². The van der Waals surface area contributed by atoms with Crippen molar-refractivity contribution in [1.82, 2.24) is 19.4 Å². The van der Waals surface area contributed by atoms with E-state index in [1.165, 1.54) is 11.1 Å². The number of anilines is 1. The molecule has 1 aliphatic heterocycles. The van der Waals surface area contributed by atoms with Gasteiger partial charge in [0.1, 0.15) is 5.82 Å². The maximum absolute atomic E-state index is 12.6. The van der Waals surface area contributed by atoms with Crippen LogP contribution in [0.3, 0.4) is 0 Å². The Bertz CT molecular complexity index is 958. The molecule has 0 unspecified atom stereocenters. The van der Waals surface area contributed by atoms with E-state index in [9.17, 15) is 26.3 Å². The Hall–Kier alpha value is -2.50. The van der Waals surface area contributed by atoms with E-state index in [0.29, 0.717) is 30.2 Å². The molecule has 0 bridgehead atoms. The summed E-state index contributed by atoms with van der Waals surface area (Å²) in [6, 6.07) is 1.15. The number of halogens is 6. The number of rotatable bonds is 5. The zero-order valence-corrected chi connectivity index (χ0v) is 16.7. The number of hydrogen-bond acceptors (Lipinski definition) is 5. The lowest BCUT2D eigenvalue weighted by Gasteiger charge is -2.22. The molecule has 0 aromatic carbocycles. The number of nitrogens with two attached hydrogens (primary N) is 1. The number of imidazole rings is 1. The van der Waals surface area contributed by atoms with Gasteiger partial charge in [0, 0.05) is 43.0 Å². The van der Waals surface area contributed by atoms with E-state index in [2.05, 4.69) is 14.7 Å². The highest BCUT2D eigenvalue weighted by Crippen LogP contribution is 2.56. The first-order chi connectivity index (χ1) is 14.3. The van der Waals surface area contributed by atoms with Crippen molar-refractivity contribution in [2.45, 2.75) is 38.3 Å². The van der Waals surface area contributed by atoms with Crippen LogP contribution in [0.15, 0.2) is 18.5 Å². The van der Waals surface area contributed by atoms with Gasteiger partial charge in [-0.1, -0.05) is 13.8 Å². The summed E-state index contributed by atoms with van der Waals surface area (Å²) < 4.78 is 81.6. The van der Waals surface area contributed by atoms with E-state index in [-0.39, 0.29) is 23.8 Å². The highest BCUT2D eigenvalue weighted by molar-refractivity contribution is 5.64. The van der Waals surface area contributed by atoms with Gasteiger partial charge in [-0.25, -0.2) is 9.97 Å². The molecule has 0 spiro atoms. The second-order valence-corrected chi connectivity index (χ2v) is 8.33. The fourth-order valence-corrected chi connectivity index (χ4v) is 4.39. The van der Waals surface area contributed by atoms with Gasteiger partial charge in [0.25, 0.3) is 0 Å². The van der Waals surface area contributed by atoms with E-state index < -0.39 is 30.7 Å². The number of nitrogen functional groups attached to an aromatic ring is 1. The van der Waals surface area contributed by atoms with Crippen LogP contribution in [0.1, 0.15) is 31.6 Å². The van der Waals surface area contributed by atoms with Crippen LogP contribution in [0.25, 0.3) is 11.3 Å². The van der Waals surface area contributed by atoms with E-state index in [0.717, 1.165) is 6.07 Å². The number of hydrogen-bond donors (Lipinski definition) is 1. The van der Waals surface area contributed by atoms with Gasteiger partial charge in [-0.15, -0.1) is 13.2 Å². The third kappa shape index (κ3) is 4.58. The number of ether oxygens (including phenoxy) is 1. The molecule has 31 heavy (non-hydrogen) atoms. The average Bonchev–Trinajstić information content (AvgIpc) is 2.97. The lowest BCUT2D eigenvalue weighted by atomic mass is 10.2. The number of fused-ring (bicyclic) bond motifs is 1. The number of aromatic nitrogens is 3. The third-order valence-corrected chi connectivity index (χ3v) is 5.63. The van der Waals surface area contributed by atoms with Crippen LogP contribution in [0.5, 0.6) is 5.75 Å². The minimum atomic E-state index is -4.91. The molecule has 2 aromatic rings. The molecule has 4 rings (SSSR count). The first-order valence-corrected chi connectivity index (χ1v) is 9.72. The molecular weight excluding hydrogens is 428 g/mol. The van der Waals surface area contributed by atoms with Crippen LogP contribution in [0.2, 0.25) is 0 Å². The van der Waals surface area contributed by atoms with Crippen molar-refractivity contribution in [2.24, 2.45) is 11.8 Å². The van der Waals surface area contributed by atoms with Crippen molar-refractivity contribution in [3.8, 4) is 17.0 Å². The summed E-state index contributed by atoms with van der Waals surface area (Å²) in [6.45, 7) is 3.64. The Balaban J connectivity index is 1.57. The monoisotopic (exact) mass is 449 g/mol. The van der Waals surface area contributed by atoms with Gasteiger partial charge in [0.15, 0.2) is 11.6 Å². The van der Waals surface area contributed by atoms with Crippen molar-refractivity contribution < 1.29 is 31.1 Å². The molecule has 170 valence electrons. The fraction of sp³-hybridized carbons (Fsp3) is 0.579. The summed E-state index contributed by atoms with van der Waals surface area (Å²) in [7, 11) is 0. The summed E-state index contributed by atoms with van der Waals surface area (Å²) in [5.74, 6) is -0.102. The lowest BCUT2D eigenvalue weighted by Crippen LogP contribution is -2.34. The topological polar surface area (TPSA) is 69.2 Å². The van der Waals surface area contributed by atoms with Gasteiger partial charge in [-0.05, 0) is 17.9 Å². The zero-order chi connectivity index (χ0) is 22.7. The van der Waals surface area contributed by atoms with Crippen LogP contribution >= 0.6 is 0 Å². The van der Waals surface area contributed by atoms with Crippen LogP contribution < -0.4 is 10.5 Å². The third-order valence-electron chi connectivity index (χ3n) is 5.63. The zero-order valence-electron chi connectivity index (χ0n) is 16.7. The first kappa shape index (κ1) is 21.7. The molecule has 1 aliphatic carbocycles. The summed E-state index contributed by atoms with van der Waals surface area (Å²) in [5.41, 5.74) is 6.20. The number of nitrogens with zero attached hydrogens (tertiary/aromatic N) is 4. The molecule has 3 atom stereocenters. The predicted molar refractivity (Wildman–Crippen MR) is 99.2 cm³/mol. The number of likely N-dealkylation sites (tertiary alicyclic amines) is 1. The molecule has 3 heterocycles. The Kier molecular flexibility index (Phi) is 5.10. The van der Waals surface area contributed by atoms with Crippen LogP contribution in [0, 0.1) is 11.8 Å². The fourth-order valence-electron chi connectivity index (χ4n) is 4.39. The molecule has 2 fully saturated rings. The van der Waals surface area contributed by atoms with Gasteiger partial charge >= 0.3 is 12.5 Å². The first-order valence-electron chi connectivity index (χ1n) is 9.72. The van der Waals surface area contributed by atoms with E-state index in [4.69, 9.17) is 5.73 Å². The molecule has 2 aliphatic rings. The Morgan fingerprint density at radius 3 is 2.35 bits per heavy atom. The van der Waals surface area contributed by atoms with Gasteiger partial charge < -0.3 is 15.0 Å². The smallest absolute Gasteiger partial charge is 0.402 e. The molecule has 6 nitrogen and oxygen atoms in total. The molecule has 2 aromatic heterocycles. The maximum Gasteiger partial charge on any atom is 0.573 e. The maximum atomic E-state index is 12.6. The minimum Gasteiger partial charge on any atom is -0.402 e. The Morgan fingerprint density at radius 1 is 1.16 bits per heavy atom. The summed E-state index contributed by atoms with van der Waals surface area (Å²) >= 11 is 0. The second-order valence-electron chi connectivity index (χ2n) is 8.33. The molecule has 1 saturated heterocycles. The van der Waals surface area contributed by atoms with Crippen molar-refractivity contribution in [2.75, 3.05) is 25.4 Å². The van der Waals surface area contributed by atoms with Crippen molar-refractivity contribution in [3.05, 3.63) is 24.3 Å². The molecule has 2 N–H and O–H groups in total. The second kappa shape index (κ2) is 7.28. The number of piperidine rings is 1. The van der Waals surface area contributed by atoms with Crippen molar-refractivity contribution >= 4 is 5.82 Å². The molecular formula is C19H21F6N5O. The van der Waals surface area contributed by atoms with Gasteiger partial charge in [0.05, 0.1) is 12.2 Å². The molecule has 0 amide bonds. The highest BCUT2D eigenvalue weighted by Gasteiger charge is 2.58. The van der Waals surface area contributed by atoms with Crippen LogP contribution in [0.4, 0.5) is 32.2 Å². The minimum absolute atomic E-state index is 0.00833. The van der Waals surface area contributed by atoms with E-state index >= 15 is 0 Å². The molecule has 12 heteroatoms. The summed E-state index contributed by atoms with van der Waals surface area (Å²) in [5, 5.41) is 0.